The van der Waals surface area contributed by atoms with Crippen molar-refractivity contribution >= 4 is 17.5 Å². The average molecular weight is 391 g/mol. The molecule has 1 aromatic heterocycles. The maximum absolute atomic E-state index is 13.8. The molecule has 0 radical (unpaired) electrons. The van der Waals surface area contributed by atoms with E-state index in [1.54, 1.807) is 44.3 Å². The molecule has 29 heavy (non-hydrogen) atoms. The van der Waals surface area contributed by atoms with E-state index in [-0.39, 0.29) is 22.8 Å². The third kappa shape index (κ3) is 2.17. The van der Waals surface area contributed by atoms with Crippen LogP contribution in [0.25, 0.3) is 0 Å². The van der Waals surface area contributed by atoms with Crippen LogP contribution in [0.2, 0.25) is 0 Å². The highest BCUT2D eigenvalue weighted by molar-refractivity contribution is 6.15. The number of ether oxygens (including phenoxy) is 1. The summed E-state index contributed by atoms with van der Waals surface area (Å²) in [6, 6.07) is 10.2. The summed E-state index contributed by atoms with van der Waals surface area (Å²) in [5.41, 5.74) is 10.2. The number of aromatic nitrogens is 1. The van der Waals surface area contributed by atoms with E-state index >= 15 is 0 Å². The molecule has 1 atom stereocenters. The van der Waals surface area contributed by atoms with Crippen molar-refractivity contribution in [1.29, 1.82) is 5.26 Å². The lowest BCUT2D eigenvalue weighted by molar-refractivity contribution is -0.123. The van der Waals surface area contributed by atoms with E-state index in [2.05, 4.69) is 0 Å². The molecule has 9 heteroatoms. The van der Waals surface area contributed by atoms with Crippen LogP contribution in [0.1, 0.15) is 16.8 Å². The minimum absolute atomic E-state index is 0.0132. The largest absolute Gasteiger partial charge is 0.440 e. The van der Waals surface area contributed by atoms with Crippen molar-refractivity contribution in [3.8, 4) is 11.8 Å². The zero-order valence-electron chi connectivity index (χ0n) is 15.7. The van der Waals surface area contributed by atoms with Crippen LogP contribution in [0, 0.1) is 18.3 Å². The van der Waals surface area contributed by atoms with Gasteiger partial charge in [0.15, 0.2) is 5.41 Å². The van der Waals surface area contributed by atoms with Gasteiger partial charge in [0.05, 0.1) is 5.56 Å². The lowest BCUT2D eigenvalue weighted by Gasteiger charge is -2.34. The highest BCUT2D eigenvalue weighted by Gasteiger charge is 2.60. The second-order valence-electron chi connectivity index (χ2n) is 6.97. The Labute approximate surface area is 165 Å². The Morgan fingerprint density at radius 2 is 2.00 bits per heavy atom. The fourth-order valence-corrected chi connectivity index (χ4v) is 4.09. The third-order valence-corrected chi connectivity index (χ3v) is 5.44. The number of primary amides is 1. The SMILES string of the molecule is Cc1cc2c(c(=O)n1C)C1(C(=O)N(CC(N)=O)c3ccccc31)C(C#N)=C(N)O2. The Hall–Kier alpha value is -4.06. The number of para-hydroxylation sites is 1. The number of pyridine rings is 1. The first-order valence-electron chi connectivity index (χ1n) is 8.74. The third-order valence-electron chi connectivity index (χ3n) is 5.44. The van der Waals surface area contributed by atoms with Crippen LogP contribution < -0.4 is 26.7 Å². The predicted octanol–water partition coefficient (Wildman–Crippen LogP) is -0.102. The first-order chi connectivity index (χ1) is 13.7. The molecule has 2 aliphatic heterocycles. The van der Waals surface area contributed by atoms with Crippen molar-refractivity contribution in [3.63, 3.8) is 0 Å². The Kier molecular flexibility index (Phi) is 3.77. The van der Waals surface area contributed by atoms with Crippen molar-refractivity contribution in [2.45, 2.75) is 12.3 Å². The van der Waals surface area contributed by atoms with E-state index in [9.17, 15) is 19.6 Å². The number of nitrogens with zero attached hydrogens (tertiary/aromatic N) is 3. The minimum Gasteiger partial charge on any atom is -0.440 e. The number of fused-ring (bicyclic) bond motifs is 4. The van der Waals surface area contributed by atoms with Gasteiger partial charge in [-0.25, -0.2) is 0 Å². The maximum atomic E-state index is 13.8. The fraction of sp³-hybridized carbons (Fsp3) is 0.200. The number of hydrogen-bond donors (Lipinski definition) is 2. The first kappa shape index (κ1) is 18.3. The summed E-state index contributed by atoms with van der Waals surface area (Å²) in [4.78, 5) is 39.9. The van der Waals surface area contributed by atoms with E-state index in [1.165, 1.54) is 9.47 Å². The normalized spacial score (nSPS) is 19.6. The van der Waals surface area contributed by atoms with Crippen LogP contribution in [-0.4, -0.2) is 22.9 Å². The minimum atomic E-state index is -1.82. The number of rotatable bonds is 2. The first-order valence-corrected chi connectivity index (χ1v) is 8.74. The van der Waals surface area contributed by atoms with Gasteiger partial charge < -0.3 is 25.7 Å². The van der Waals surface area contributed by atoms with Gasteiger partial charge in [0, 0.05) is 30.1 Å². The summed E-state index contributed by atoms with van der Waals surface area (Å²) in [6.45, 7) is 1.31. The predicted molar refractivity (Wildman–Crippen MR) is 103 cm³/mol. The van der Waals surface area contributed by atoms with E-state index in [0.29, 0.717) is 16.9 Å². The Balaban J connectivity index is 2.19. The number of aryl methyl sites for hydroxylation is 1. The number of carbonyl (C=O) groups is 2. The zero-order valence-corrected chi connectivity index (χ0v) is 15.7. The van der Waals surface area contributed by atoms with Crippen molar-refractivity contribution < 1.29 is 14.3 Å². The number of anilines is 1. The molecule has 2 aliphatic rings. The fourth-order valence-electron chi connectivity index (χ4n) is 4.09. The summed E-state index contributed by atoms with van der Waals surface area (Å²) in [5, 5.41) is 9.90. The number of carbonyl (C=O) groups excluding carboxylic acids is 2. The van der Waals surface area contributed by atoms with Gasteiger partial charge in [-0.2, -0.15) is 5.26 Å². The summed E-state index contributed by atoms with van der Waals surface area (Å²) in [5.74, 6) is -1.55. The van der Waals surface area contributed by atoms with Gasteiger partial charge in [0.25, 0.3) is 5.56 Å². The average Bonchev–Trinajstić information content (AvgIpc) is 2.90. The quantitative estimate of drug-likeness (QED) is 0.731. The molecular weight excluding hydrogens is 374 g/mol. The molecule has 1 unspecified atom stereocenters. The Bertz CT molecular complexity index is 1240. The van der Waals surface area contributed by atoms with Crippen LogP contribution in [0.4, 0.5) is 5.69 Å². The number of nitrogens with two attached hydrogens (primary N) is 2. The van der Waals surface area contributed by atoms with Gasteiger partial charge >= 0.3 is 0 Å². The van der Waals surface area contributed by atoms with E-state index in [4.69, 9.17) is 16.2 Å². The second kappa shape index (κ2) is 5.97. The Morgan fingerprint density at radius 3 is 2.66 bits per heavy atom. The molecule has 2 amide bonds. The second-order valence-corrected chi connectivity index (χ2v) is 6.97. The maximum Gasteiger partial charge on any atom is 0.259 e. The van der Waals surface area contributed by atoms with E-state index in [0.717, 1.165) is 0 Å². The van der Waals surface area contributed by atoms with Gasteiger partial charge in [-0.3, -0.25) is 14.4 Å². The van der Waals surface area contributed by atoms with Crippen molar-refractivity contribution in [2.75, 3.05) is 11.4 Å². The van der Waals surface area contributed by atoms with Gasteiger partial charge in [-0.15, -0.1) is 0 Å². The topological polar surface area (TPSA) is 144 Å². The molecule has 1 aromatic carbocycles. The number of hydrogen-bond acceptors (Lipinski definition) is 6. The summed E-state index contributed by atoms with van der Waals surface area (Å²) in [7, 11) is 1.56. The molecule has 0 saturated carbocycles. The molecule has 4 rings (SSSR count). The standard InChI is InChI=1S/C20H17N5O4/c1-10-7-14-16(18(27)24(10)2)20(12(8-21)17(23)29-14)11-5-3-4-6-13(11)25(19(20)28)9-15(22)26/h3-7H,9,23H2,1-2H3,(H2,22,26). The summed E-state index contributed by atoms with van der Waals surface area (Å²) < 4.78 is 6.95. The van der Waals surface area contributed by atoms with Crippen LogP contribution in [0.15, 0.2) is 46.6 Å². The molecule has 0 bridgehead atoms. The van der Waals surface area contributed by atoms with Gasteiger partial charge in [0.2, 0.25) is 17.7 Å². The number of amides is 2. The monoisotopic (exact) mass is 391 g/mol. The molecule has 3 heterocycles. The molecule has 4 N–H and O–H groups in total. The highest BCUT2D eigenvalue weighted by Crippen LogP contribution is 2.53. The van der Waals surface area contributed by atoms with Crippen molar-refractivity contribution in [2.24, 2.45) is 18.5 Å². The number of benzene rings is 1. The molecule has 1 spiro atoms. The lowest BCUT2D eigenvalue weighted by atomic mass is 9.69. The van der Waals surface area contributed by atoms with E-state index < -0.39 is 29.3 Å². The van der Waals surface area contributed by atoms with Crippen molar-refractivity contribution in [3.05, 3.63) is 69.0 Å². The molecule has 0 aliphatic carbocycles. The van der Waals surface area contributed by atoms with Gasteiger partial charge in [-0.05, 0) is 13.0 Å². The lowest BCUT2D eigenvalue weighted by Crippen LogP contribution is -2.51. The molecule has 2 aromatic rings. The van der Waals surface area contributed by atoms with E-state index in [1.807, 2.05) is 6.07 Å². The zero-order chi connectivity index (χ0) is 21.1. The van der Waals surface area contributed by atoms with Gasteiger partial charge in [0.1, 0.15) is 23.9 Å². The molecule has 0 fully saturated rings. The molecule has 0 saturated heterocycles. The molecule has 9 nitrogen and oxygen atoms in total. The summed E-state index contributed by atoms with van der Waals surface area (Å²) in [6.07, 6.45) is 0. The smallest absolute Gasteiger partial charge is 0.259 e. The van der Waals surface area contributed by atoms with Crippen LogP contribution in [-0.2, 0) is 22.1 Å². The van der Waals surface area contributed by atoms with Crippen LogP contribution in [0.3, 0.4) is 0 Å². The molecule has 146 valence electrons. The number of nitriles is 1. The van der Waals surface area contributed by atoms with Crippen LogP contribution in [0.5, 0.6) is 5.75 Å². The van der Waals surface area contributed by atoms with Crippen molar-refractivity contribution in [1.82, 2.24) is 4.57 Å². The molecular formula is C20H17N5O4. The van der Waals surface area contributed by atoms with Gasteiger partial charge in [-0.1, -0.05) is 18.2 Å². The Morgan fingerprint density at radius 1 is 1.31 bits per heavy atom. The van der Waals surface area contributed by atoms with Crippen LogP contribution >= 0.6 is 0 Å². The summed E-state index contributed by atoms with van der Waals surface area (Å²) >= 11 is 0. The highest BCUT2D eigenvalue weighted by atomic mass is 16.5.